The minimum absolute atomic E-state index is 0.162. The van der Waals surface area contributed by atoms with Gasteiger partial charge in [0.25, 0.3) is 0 Å². The van der Waals surface area contributed by atoms with Crippen LogP contribution in [0.1, 0.15) is 28.1 Å². The van der Waals surface area contributed by atoms with Crippen molar-refractivity contribution in [1.29, 1.82) is 0 Å². The Morgan fingerprint density at radius 1 is 0.593 bits per heavy atom. The zero-order chi connectivity index (χ0) is 41.6. The second-order valence-electron chi connectivity index (χ2n) is 14.1. The van der Waals surface area contributed by atoms with Crippen LogP contribution in [-0.4, -0.2) is 94.9 Å². The predicted molar refractivity (Wildman–Crippen MR) is 239 cm³/mol. The fourth-order valence-electron chi connectivity index (χ4n) is 6.89. The lowest BCUT2D eigenvalue weighted by Gasteiger charge is -2.33. The summed E-state index contributed by atoms with van der Waals surface area (Å²) in [5.41, 5.74) is 5.67. The number of nitrogens with zero attached hydrogens (tertiary/aromatic N) is 6. The third-order valence-electron chi connectivity index (χ3n) is 9.99. The Morgan fingerprint density at radius 2 is 1.03 bits per heavy atom. The average molecular weight is 912 g/mol. The second-order valence-corrected chi connectivity index (χ2v) is 20.4. The van der Waals surface area contributed by atoms with Crippen LogP contribution in [0.4, 0.5) is 10.3 Å². The van der Waals surface area contributed by atoms with Crippen LogP contribution in [0.3, 0.4) is 0 Å². The van der Waals surface area contributed by atoms with Gasteiger partial charge in [-0.2, -0.15) is 8.61 Å². The number of ether oxygens (including phenoxy) is 1. The fraction of sp³-hybridized carbons (Fsp3) is 0.286. The molecule has 2 aliphatic heterocycles. The summed E-state index contributed by atoms with van der Waals surface area (Å²) >= 11 is 15.4. The van der Waals surface area contributed by atoms with Gasteiger partial charge >= 0.3 is 0 Å². The lowest BCUT2D eigenvalue weighted by Crippen LogP contribution is -2.48. The number of aryl methyl sites for hydroxylation is 1. The molecule has 0 atom stereocenters. The molecule has 0 radical (unpaired) electrons. The van der Waals surface area contributed by atoms with Crippen molar-refractivity contribution in [3.8, 4) is 5.75 Å². The first-order valence-corrected chi connectivity index (χ1v) is 24.4. The molecule has 0 aliphatic carbocycles. The van der Waals surface area contributed by atoms with E-state index in [1.807, 2.05) is 18.2 Å². The zero-order valence-corrected chi connectivity index (χ0v) is 37.4. The van der Waals surface area contributed by atoms with E-state index >= 15 is 0 Å². The number of thiazole rings is 2. The predicted octanol–water partition coefficient (Wildman–Crippen LogP) is 8.11. The molecule has 4 heterocycles. The van der Waals surface area contributed by atoms with E-state index in [1.165, 1.54) is 19.7 Å². The van der Waals surface area contributed by atoms with Crippen LogP contribution >= 0.6 is 45.9 Å². The molecule has 8 rings (SSSR count). The number of methoxy groups -OCH3 is 1. The van der Waals surface area contributed by atoms with Crippen molar-refractivity contribution in [2.75, 3.05) is 69.3 Å². The zero-order valence-electron chi connectivity index (χ0n) is 32.6. The van der Waals surface area contributed by atoms with Crippen molar-refractivity contribution in [3.05, 3.63) is 146 Å². The minimum atomic E-state index is -3.59. The van der Waals surface area contributed by atoms with E-state index in [0.717, 1.165) is 45.8 Å². The maximum atomic E-state index is 12.9. The van der Waals surface area contributed by atoms with Crippen LogP contribution in [0, 0.1) is 6.92 Å². The number of sulfonamides is 2. The van der Waals surface area contributed by atoms with Gasteiger partial charge in [-0.05, 0) is 54.4 Å². The average Bonchev–Trinajstić information content (AvgIpc) is 3.91. The molecule has 2 aliphatic rings. The number of aromatic nitrogens is 2. The summed E-state index contributed by atoms with van der Waals surface area (Å²) in [6.07, 6.45) is 1.54. The van der Waals surface area contributed by atoms with Crippen molar-refractivity contribution in [1.82, 2.24) is 18.6 Å². The summed E-state index contributed by atoms with van der Waals surface area (Å²) in [5.74, 6) is 0.832. The molecule has 59 heavy (non-hydrogen) atoms. The van der Waals surface area contributed by atoms with Gasteiger partial charge < -0.3 is 14.5 Å². The maximum absolute atomic E-state index is 12.9. The van der Waals surface area contributed by atoms with Crippen LogP contribution < -0.4 is 14.5 Å². The number of anilines is 2. The first-order valence-electron chi connectivity index (χ1n) is 19.0. The molecule has 310 valence electrons. The van der Waals surface area contributed by atoms with Gasteiger partial charge in [-0.1, -0.05) is 89.4 Å². The second kappa shape index (κ2) is 19.1. The monoisotopic (exact) mass is 910 g/mol. The number of rotatable bonds is 11. The molecule has 2 aromatic heterocycles. The van der Waals surface area contributed by atoms with Crippen LogP contribution in [0.25, 0.3) is 0 Å². The van der Waals surface area contributed by atoms with Crippen LogP contribution in [0.15, 0.2) is 118 Å². The Kier molecular flexibility index (Phi) is 13.9. The Labute approximate surface area is 364 Å². The van der Waals surface area contributed by atoms with Gasteiger partial charge in [0.15, 0.2) is 10.3 Å². The molecule has 2 saturated heterocycles. The van der Waals surface area contributed by atoms with Crippen molar-refractivity contribution < 1.29 is 21.6 Å². The Bertz CT molecular complexity index is 2590. The van der Waals surface area contributed by atoms with E-state index in [2.05, 4.69) is 57.8 Å². The molecular formula is C42H44Cl2N6O5S4. The third kappa shape index (κ3) is 10.5. The molecule has 0 spiro atoms. The fourth-order valence-corrected chi connectivity index (χ4v) is 12.5. The highest BCUT2D eigenvalue weighted by atomic mass is 35.5. The number of piperazine rings is 2. The molecule has 11 nitrogen and oxygen atoms in total. The van der Waals surface area contributed by atoms with Gasteiger partial charge in [0.05, 0.1) is 28.5 Å². The maximum Gasteiger partial charge on any atom is 0.244 e. The van der Waals surface area contributed by atoms with Crippen LogP contribution in [0.2, 0.25) is 10.0 Å². The van der Waals surface area contributed by atoms with Gasteiger partial charge in [0.2, 0.25) is 20.0 Å². The standard InChI is InChI=1S/C21H22ClN3O3S2.C21H22ClN3O2S2/c1-28-18-6-4-5-16(14-18)13-17-15-29-21(23-17)24-9-11-25(12-10-24)30(26,27)20-8-3-2-7-19(20)22;1-16-5-4-6-17(13-16)14-18-15-28-21(23-18)24-9-11-25(12-10-24)29(26,27)20-8-3-2-7-19(20)22/h2-8,14-15H,9-13H2,1H3;2-8,13,15H,9-12,14H2,1H3. The summed E-state index contributed by atoms with van der Waals surface area (Å²) in [6.45, 7) is 6.14. The van der Waals surface area contributed by atoms with Gasteiger partial charge in [-0.25, -0.2) is 26.8 Å². The number of hydrogen-bond acceptors (Lipinski definition) is 11. The Hall–Kier alpha value is -4.06. The molecule has 0 amide bonds. The van der Waals surface area contributed by atoms with E-state index in [-0.39, 0.29) is 19.8 Å². The first kappa shape index (κ1) is 43.0. The van der Waals surface area contributed by atoms with Crippen LogP contribution in [0.5, 0.6) is 5.75 Å². The largest absolute Gasteiger partial charge is 0.497 e. The van der Waals surface area contributed by atoms with E-state index in [0.29, 0.717) is 52.4 Å². The quantitative estimate of drug-likeness (QED) is 0.127. The lowest BCUT2D eigenvalue weighted by molar-refractivity contribution is 0.384. The number of benzene rings is 4. The molecule has 2 fully saturated rings. The third-order valence-corrected chi connectivity index (χ3v) is 16.7. The smallest absolute Gasteiger partial charge is 0.244 e. The highest BCUT2D eigenvalue weighted by Gasteiger charge is 2.32. The van der Waals surface area contributed by atoms with E-state index in [1.54, 1.807) is 78.3 Å². The van der Waals surface area contributed by atoms with Gasteiger partial charge in [-0.3, -0.25) is 0 Å². The molecule has 0 bridgehead atoms. The van der Waals surface area contributed by atoms with Gasteiger partial charge in [-0.15, -0.1) is 22.7 Å². The summed E-state index contributed by atoms with van der Waals surface area (Å²) in [4.78, 5) is 14.2. The van der Waals surface area contributed by atoms with E-state index < -0.39 is 20.0 Å². The summed E-state index contributed by atoms with van der Waals surface area (Å²) in [7, 11) is -5.52. The SMILES string of the molecule is COc1cccc(Cc2csc(N3CCN(S(=O)(=O)c4ccccc4Cl)CC3)n2)c1.Cc1cccc(Cc2csc(N3CCN(S(=O)(=O)c4ccccc4Cl)CC3)n2)c1. The van der Waals surface area contributed by atoms with Crippen molar-refractivity contribution in [3.63, 3.8) is 0 Å². The minimum Gasteiger partial charge on any atom is -0.497 e. The highest BCUT2D eigenvalue weighted by Crippen LogP contribution is 2.30. The summed E-state index contributed by atoms with van der Waals surface area (Å²) < 4.78 is 59.9. The van der Waals surface area contributed by atoms with E-state index in [9.17, 15) is 16.8 Å². The molecule has 0 unspecified atom stereocenters. The van der Waals surface area contributed by atoms with Crippen molar-refractivity contribution in [2.45, 2.75) is 29.6 Å². The lowest BCUT2D eigenvalue weighted by atomic mass is 10.1. The number of hydrogen-bond donors (Lipinski definition) is 0. The van der Waals surface area contributed by atoms with Gasteiger partial charge in [0.1, 0.15) is 15.5 Å². The van der Waals surface area contributed by atoms with Gasteiger partial charge in [0, 0.05) is 76.0 Å². The summed E-state index contributed by atoms with van der Waals surface area (Å²) in [6, 6.07) is 29.6. The first-order chi connectivity index (χ1) is 28.4. The van der Waals surface area contributed by atoms with E-state index in [4.69, 9.17) is 37.9 Å². The molecular weight excluding hydrogens is 868 g/mol. The Morgan fingerprint density at radius 3 is 1.47 bits per heavy atom. The van der Waals surface area contributed by atoms with Crippen LogP contribution in [-0.2, 0) is 32.9 Å². The topological polar surface area (TPSA) is 116 Å². The van der Waals surface area contributed by atoms with Crippen molar-refractivity contribution in [2.24, 2.45) is 0 Å². The molecule has 6 aromatic rings. The summed E-state index contributed by atoms with van der Waals surface area (Å²) in [5, 5.41) is 6.52. The van der Waals surface area contributed by atoms with Crippen molar-refractivity contribution >= 4 is 76.2 Å². The Balaban J connectivity index is 0.000000179. The molecule has 0 saturated carbocycles. The normalized spacial score (nSPS) is 15.5. The number of halogens is 2. The molecule has 0 N–H and O–H groups in total. The highest BCUT2D eigenvalue weighted by molar-refractivity contribution is 7.89. The molecule has 17 heteroatoms. The molecule has 4 aromatic carbocycles.